The SMILES string of the molecule is Cc1cc2c(F)c(Oc3ncnc4ccsc34)ccc2[nH]1. The zero-order valence-electron chi connectivity index (χ0n) is 11.1. The maximum absolute atomic E-state index is 14.5. The first-order chi connectivity index (χ1) is 10.2. The molecule has 0 spiro atoms. The lowest BCUT2D eigenvalue weighted by Crippen LogP contribution is -1.92. The Morgan fingerprint density at radius 3 is 3.05 bits per heavy atom. The first kappa shape index (κ1) is 12.3. The van der Waals surface area contributed by atoms with Crippen LogP contribution < -0.4 is 4.74 Å². The van der Waals surface area contributed by atoms with Gasteiger partial charge in [-0.3, -0.25) is 0 Å². The van der Waals surface area contributed by atoms with Crippen molar-refractivity contribution in [2.75, 3.05) is 0 Å². The Morgan fingerprint density at radius 2 is 2.14 bits per heavy atom. The third-order valence-electron chi connectivity index (χ3n) is 3.25. The van der Waals surface area contributed by atoms with Crippen LogP contribution in [0, 0.1) is 12.7 Å². The molecule has 0 unspecified atom stereocenters. The molecule has 0 bridgehead atoms. The molecule has 1 aromatic carbocycles. The molecular formula is C15H10FN3OS. The molecule has 4 nitrogen and oxygen atoms in total. The second-order valence-corrected chi connectivity index (χ2v) is 5.62. The summed E-state index contributed by atoms with van der Waals surface area (Å²) in [5.41, 5.74) is 2.45. The molecule has 21 heavy (non-hydrogen) atoms. The van der Waals surface area contributed by atoms with E-state index in [1.807, 2.05) is 18.4 Å². The molecule has 0 aliphatic rings. The van der Waals surface area contributed by atoms with Crippen molar-refractivity contribution in [3.05, 3.63) is 47.5 Å². The molecule has 3 aromatic heterocycles. The highest BCUT2D eigenvalue weighted by Gasteiger charge is 2.14. The van der Waals surface area contributed by atoms with Gasteiger partial charge in [-0.25, -0.2) is 14.4 Å². The number of aryl methyl sites for hydroxylation is 1. The fourth-order valence-electron chi connectivity index (χ4n) is 2.31. The molecule has 0 saturated heterocycles. The third-order valence-corrected chi connectivity index (χ3v) is 4.15. The van der Waals surface area contributed by atoms with E-state index in [2.05, 4.69) is 15.0 Å². The van der Waals surface area contributed by atoms with Gasteiger partial charge in [-0.2, -0.15) is 0 Å². The normalized spacial score (nSPS) is 11.3. The zero-order chi connectivity index (χ0) is 14.4. The standard InChI is InChI=1S/C15H10FN3OS/c1-8-6-9-10(19-8)2-3-12(13(9)16)20-15-14-11(4-5-21-14)17-7-18-15/h2-7,19H,1H3. The number of aromatic amines is 1. The number of H-pyrrole nitrogens is 1. The minimum atomic E-state index is -0.389. The third kappa shape index (κ3) is 1.95. The summed E-state index contributed by atoms with van der Waals surface area (Å²) in [5, 5.41) is 2.42. The number of benzene rings is 1. The molecule has 0 saturated carbocycles. The second-order valence-electron chi connectivity index (χ2n) is 4.71. The van der Waals surface area contributed by atoms with Crippen molar-refractivity contribution in [1.29, 1.82) is 0 Å². The summed E-state index contributed by atoms with van der Waals surface area (Å²) in [4.78, 5) is 11.3. The highest BCUT2D eigenvalue weighted by Crippen LogP contribution is 2.34. The molecule has 0 fully saturated rings. The predicted octanol–water partition coefficient (Wildman–Crippen LogP) is 4.41. The molecule has 0 aliphatic carbocycles. The summed E-state index contributed by atoms with van der Waals surface area (Å²) in [6.07, 6.45) is 1.42. The number of aromatic nitrogens is 3. The van der Waals surface area contributed by atoms with Crippen LogP contribution in [0.5, 0.6) is 11.6 Å². The number of thiophene rings is 1. The Morgan fingerprint density at radius 1 is 1.24 bits per heavy atom. The number of ether oxygens (including phenoxy) is 1. The monoisotopic (exact) mass is 299 g/mol. The number of hydrogen-bond acceptors (Lipinski definition) is 4. The van der Waals surface area contributed by atoms with Gasteiger partial charge in [0.25, 0.3) is 0 Å². The van der Waals surface area contributed by atoms with Crippen molar-refractivity contribution in [2.45, 2.75) is 6.92 Å². The minimum Gasteiger partial charge on any atom is -0.434 e. The Labute approximate surface area is 123 Å². The van der Waals surface area contributed by atoms with E-state index in [1.165, 1.54) is 17.7 Å². The van der Waals surface area contributed by atoms with Crippen LogP contribution in [0.25, 0.3) is 21.1 Å². The Bertz CT molecular complexity index is 960. The molecular weight excluding hydrogens is 289 g/mol. The molecule has 4 rings (SSSR count). The van der Waals surface area contributed by atoms with E-state index in [-0.39, 0.29) is 11.6 Å². The topological polar surface area (TPSA) is 50.8 Å². The van der Waals surface area contributed by atoms with Crippen molar-refractivity contribution in [1.82, 2.24) is 15.0 Å². The summed E-state index contributed by atoms with van der Waals surface area (Å²) in [6.45, 7) is 1.89. The molecule has 1 N–H and O–H groups in total. The van der Waals surface area contributed by atoms with Gasteiger partial charge in [0, 0.05) is 16.6 Å². The number of nitrogens with zero attached hydrogens (tertiary/aromatic N) is 2. The molecule has 6 heteroatoms. The average Bonchev–Trinajstić information content (AvgIpc) is 3.08. The van der Waals surface area contributed by atoms with E-state index in [9.17, 15) is 4.39 Å². The first-order valence-electron chi connectivity index (χ1n) is 6.36. The second kappa shape index (κ2) is 4.53. The zero-order valence-corrected chi connectivity index (χ0v) is 11.9. The average molecular weight is 299 g/mol. The minimum absolute atomic E-state index is 0.162. The van der Waals surface area contributed by atoms with E-state index in [1.54, 1.807) is 18.2 Å². The van der Waals surface area contributed by atoms with Crippen LogP contribution in [-0.2, 0) is 0 Å². The highest BCUT2D eigenvalue weighted by atomic mass is 32.1. The van der Waals surface area contributed by atoms with E-state index in [4.69, 9.17) is 4.74 Å². The van der Waals surface area contributed by atoms with Crippen LogP contribution >= 0.6 is 11.3 Å². The molecule has 0 aliphatic heterocycles. The van der Waals surface area contributed by atoms with Gasteiger partial charge in [-0.15, -0.1) is 11.3 Å². The fraction of sp³-hybridized carbons (Fsp3) is 0.0667. The number of hydrogen-bond donors (Lipinski definition) is 1. The Hall–Kier alpha value is -2.47. The first-order valence-corrected chi connectivity index (χ1v) is 7.24. The maximum Gasteiger partial charge on any atom is 0.240 e. The van der Waals surface area contributed by atoms with E-state index in [0.29, 0.717) is 11.3 Å². The van der Waals surface area contributed by atoms with Gasteiger partial charge in [0.05, 0.1) is 5.52 Å². The van der Waals surface area contributed by atoms with Crippen LogP contribution in [0.4, 0.5) is 4.39 Å². The lowest BCUT2D eigenvalue weighted by Gasteiger charge is -2.06. The van der Waals surface area contributed by atoms with Crippen LogP contribution in [0.15, 0.2) is 36.0 Å². The summed E-state index contributed by atoms with van der Waals surface area (Å²) in [6, 6.07) is 7.05. The molecule has 104 valence electrons. The van der Waals surface area contributed by atoms with Gasteiger partial charge in [0.15, 0.2) is 11.6 Å². The summed E-state index contributed by atoms with van der Waals surface area (Å²) >= 11 is 1.47. The fourth-order valence-corrected chi connectivity index (χ4v) is 3.08. The Kier molecular flexibility index (Phi) is 2.65. The van der Waals surface area contributed by atoms with Gasteiger partial charge in [-0.05, 0) is 36.6 Å². The van der Waals surface area contributed by atoms with Gasteiger partial charge in [0.2, 0.25) is 5.88 Å². The molecule has 3 heterocycles. The number of nitrogens with one attached hydrogen (secondary N) is 1. The van der Waals surface area contributed by atoms with Crippen LogP contribution in [0.2, 0.25) is 0 Å². The summed E-state index contributed by atoms with van der Waals surface area (Å²) in [5.74, 6) is 0.149. The molecule has 0 amide bonds. The van der Waals surface area contributed by atoms with Crippen LogP contribution in [-0.4, -0.2) is 15.0 Å². The quantitative estimate of drug-likeness (QED) is 0.596. The number of fused-ring (bicyclic) bond motifs is 2. The van der Waals surface area contributed by atoms with Crippen LogP contribution in [0.3, 0.4) is 0 Å². The van der Waals surface area contributed by atoms with Crippen molar-refractivity contribution >= 4 is 32.5 Å². The van der Waals surface area contributed by atoms with Gasteiger partial charge < -0.3 is 9.72 Å². The van der Waals surface area contributed by atoms with Gasteiger partial charge in [-0.1, -0.05) is 0 Å². The van der Waals surface area contributed by atoms with Crippen molar-refractivity contribution in [3.63, 3.8) is 0 Å². The molecule has 4 aromatic rings. The molecule has 0 atom stereocenters. The number of halogens is 1. The lowest BCUT2D eigenvalue weighted by atomic mass is 10.2. The van der Waals surface area contributed by atoms with Gasteiger partial charge >= 0.3 is 0 Å². The predicted molar refractivity (Wildman–Crippen MR) is 80.5 cm³/mol. The molecule has 0 radical (unpaired) electrons. The maximum atomic E-state index is 14.5. The van der Waals surface area contributed by atoms with Crippen molar-refractivity contribution < 1.29 is 9.13 Å². The summed E-state index contributed by atoms with van der Waals surface area (Å²) in [7, 11) is 0. The van der Waals surface area contributed by atoms with Crippen molar-refractivity contribution in [3.8, 4) is 11.6 Å². The highest BCUT2D eigenvalue weighted by molar-refractivity contribution is 7.17. The van der Waals surface area contributed by atoms with E-state index >= 15 is 0 Å². The largest absolute Gasteiger partial charge is 0.434 e. The van der Waals surface area contributed by atoms with Crippen LogP contribution in [0.1, 0.15) is 5.69 Å². The van der Waals surface area contributed by atoms with Gasteiger partial charge in [0.1, 0.15) is 11.0 Å². The van der Waals surface area contributed by atoms with Crippen molar-refractivity contribution in [2.24, 2.45) is 0 Å². The number of rotatable bonds is 2. The summed E-state index contributed by atoms with van der Waals surface area (Å²) < 4.78 is 21.0. The van der Waals surface area contributed by atoms with E-state index < -0.39 is 0 Å². The van der Waals surface area contributed by atoms with E-state index in [0.717, 1.165) is 21.4 Å². The Balaban J connectivity index is 1.84. The lowest BCUT2D eigenvalue weighted by molar-refractivity contribution is 0.435. The smallest absolute Gasteiger partial charge is 0.240 e.